The van der Waals surface area contributed by atoms with Gasteiger partial charge >= 0.3 is 0 Å². The molecule has 2 fully saturated rings. The van der Waals surface area contributed by atoms with Gasteiger partial charge in [0.2, 0.25) is 0 Å². The van der Waals surface area contributed by atoms with E-state index in [2.05, 4.69) is 21.6 Å². The molecule has 0 spiro atoms. The zero-order valence-electron chi connectivity index (χ0n) is 15.1. The van der Waals surface area contributed by atoms with E-state index in [0.29, 0.717) is 19.2 Å². The van der Waals surface area contributed by atoms with E-state index in [-0.39, 0.29) is 18.1 Å². The average Bonchev–Trinajstić information content (AvgIpc) is 3.42. The van der Waals surface area contributed by atoms with Crippen molar-refractivity contribution in [2.75, 3.05) is 20.3 Å². The molecule has 1 aromatic heterocycles. The van der Waals surface area contributed by atoms with Gasteiger partial charge in [0.15, 0.2) is 0 Å². The maximum atomic E-state index is 13.3. The maximum Gasteiger partial charge on any atom is 0.270 e. The minimum absolute atomic E-state index is 0.0355. The molecule has 0 radical (unpaired) electrons. The smallest absolute Gasteiger partial charge is 0.270 e. The van der Waals surface area contributed by atoms with Gasteiger partial charge in [0.1, 0.15) is 17.5 Å². The highest BCUT2D eigenvalue weighted by Crippen LogP contribution is 2.40. The van der Waals surface area contributed by atoms with Crippen molar-refractivity contribution in [1.82, 2.24) is 9.47 Å². The van der Waals surface area contributed by atoms with Crippen LogP contribution in [0.1, 0.15) is 53.0 Å². The number of fused-ring (bicyclic) bond motifs is 3. The number of ether oxygens (including phenoxy) is 2. The van der Waals surface area contributed by atoms with Crippen LogP contribution in [-0.2, 0) is 11.2 Å². The van der Waals surface area contributed by atoms with Crippen LogP contribution in [-0.4, -0.2) is 41.7 Å². The van der Waals surface area contributed by atoms with Crippen molar-refractivity contribution in [3.05, 3.63) is 53.3 Å². The molecule has 2 aliphatic carbocycles. The normalized spacial score (nSPS) is 24.7. The van der Waals surface area contributed by atoms with Gasteiger partial charge in [-0.3, -0.25) is 4.79 Å². The number of carbonyl (C=O) groups excluding carboxylic acids is 1. The predicted molar refractivity (Wildman–Crippen MR) is 97.5 cm³/mol. The van der Waals surface area contributed by atoms with Crippen molar-refractivity contribution < 1.29 is 14.3 Å². The highest BCUT2D eigenvalue weighted by molar-refractivity contribution is 5.93. The molecule has 5 rings (SSSR count). The SMILES string of the molecule is COc1ccc2c(c1)CCC1C2OCCN1C(=O)c1cccn1C1CC1. The first-order valence-electron chi connectivity index (χ1n) is 9.52. The number of benzene rings is 1. The molecule has 2 aromatic rings. The van der Waals surface area contributed by atoms with Crippen LogP contribution >= 0.6 is 0 Å². The molecule has 3 aliphatic rings. The number of aryl methyl sites for hydroxylation is 1. The van der Waals surface area contributed by atoms with Crippen molar-refractivity contribution in [3.8, 4) is 5.75 Å². The van der Waals surface area contributed by atoms with Crippen LogP contribution in [0.15, 0.2) is 36.5 Å². The minimum atomic E-state index is -0.0355. The molecule has 0 bridgehead atoms. The van der Waals surface area contributed by atoms with Gasteiger partial charge in [-0.2, -0.15) is 0 Å². The molecule has 5 heteroatoms. The number of rotatable bonds is 3. The Bertz CT molecular complexity index is 840. The zero-order chi connectivity index (χ0) is 17.7. The molecule has 2 atom stereocenters. The maximum absolute atomic E-state index is 13.3. The number of methoxy groups -OCH3 is 1. The first-order valence-corrected chi connectivity index (χ1v) is 9.52. The number of hydrogen-bond acceptors (Lipinski definition) is 3. The Hall–Kier alpha value is -2.27. The Kier molecular flexibility index (Phi) is 3.78. The van der Waals surface area contributed by atoms with E-state index < -0.39 is 0 Å². The second-order valence-corrected chi connectivity index (χ2v) is 7.49. The Morgan fingerprint density at radius 2 is 2.12 bits per heavy atom. The minimum Gasteiger partial charge on any atom is -0.497 e. The third kappa shape index (κ3) is 2.53. The fourth-order valence-corrected chi connectivity index (χ4v) is 4.47. The number of nitrogens with zero attached hydrogens (tertiary/aromatic N) is 2. The summed E-state index contributed by atoms with van der Waals surface area (Å²) in [6, 6.07) is 10.8. The van der Waals surface area contributed by atoms with Crippen LogP contribution in [0.3, 0.4) is 0 Å². The molecule has 0 N–H and O–H groups in total. The zero-order valence-corrected chi connectivity index (χ0v) is 15.1. The summed E-state index contributed by atoms with van der Waals surface area (Å²) in [5, 5.41) is 0. The Labute approximate surface area is 153 Å². The van der Waals surface area contributed by atoms with E-state index >= 15 is 0 Å². The highest BCUT2D eigenvalue weighted by Gasteiger charge is 2.41. The summed E-state index contributed by atoms with van der Waals surface area (Å²) in [5.74, 6) is 1.03. The van der Waals surface area contributed by atoms with E-state index in [4.69, 9.17) is 9.47 Å². The molecule has 136 valence electrons. The van der Waals surface area contributed by atoms with Crippen molar-refractivity contribution in [1.29, 1.82) is 0 Å². The third-order valence-electron chi connectivity index (χ3n) is 5.94. The van der Waals surface area contributed by atoms with Gasteiger partial charge in [0.05, 0.1) is 19.8 Å². The van der Waals surface area contributed by atoms with E-state index in [1.165, 1.54) is 24.0 Å². The van der Waals surface area contributed by atoms with Crippen LogP contribution < -0.4 is 4.74 Å². The average molecular weight is 352 g/mol. The predicted octanol–water partition coefficient (Wildman–Crippen LogP) is 3.36. The van der Waals surface area contributed by atoms with E-state index in [1.807, 2.05) is 24.4 Å². The monoisotopic (exact) mass is 352 g/mol. The van der Waals surface area contributed by atoms with Gasteiger partial charge in [0, 0.05) is 18.8 Å². The summed E-state index contributed by atoms with van der Waals surface area (Å²) < 4.78 is 13.6. The second kappa shape index (κ2) is 6.16. The molecule has 1 aliphatic heterocycles. The quantitative estimate of drug-likeness (QED) is 0.851. The molecule has 26 heavy (non-hydrogen) atoms. The summed E-state index contributed by atoms with van der Waals surface area (Å²) in [6.45, 7) is 1.25. The van der Waals surface area contributed by atoms with Crippen LogP contribution in [0.25, 0.3) is 0 Å². The first-order chi connectivity index (χ1) is 12.8. The van der Waals surface area contributed by atoms with Gasteiger partial charge in [-0.05, 0) is 61.1 Å². The fraction of sp³-hybridized carbons (Fsp3) is 0.476. The molecule has 5 nitrogen and oxygen atoms in total. The Morgan fingerprint density at radius 1 is 1.23 bits per heavy atom. The van der Waals surface area contributed by atoms with Gasteiger partial charge in [-0.25, -0.2) is 0 Å². The Balaban J connectivity index is 1.44. The summed E-state index contributed by atoms with van der Waals surface area (Å²) >= 11 is 0. The van der Waals surface area contributed by atoms with Gasteiger partial charge < -0.3 is 18.9 Å². The molecular formula is C21H24N2O3. The summed E-state index contributed by atoms with van der Waals surface area (Å²) in [4.78, 5) is 15.4. The lowest BCUT2D eigenvalue weighted by Gasteiger charge is -2.44. The number of amides is 1. The first kappa shape index (κ1) is 15.9. The fourth-order valence-electron chi connectivity index (χ4n) is 4.47. The number of aromatic nitrogens is 1. The largest absolute Gasteiger partial charge is 0.497 e. The molecular weight excluding hydrogens is 328 g/mol. The van der Waals surface area contributed by atoms with Crippen molar-refractivity contribution in [2.24, 2.45) is 0 Å². The highest BCUT2D eigenvalue weighted by atomic mass is 16.5. The Morgan fingerprint density at radius 3 is 2.92 bits per heavy atom. The number of hydrogen-bond donors (Lipinski definition) is 0. The van der Waals surface area contributed by atoms with Crippen LogP contribution in [0.4, 0.5) is 0 Å². The topological polar surface area (TPSA) is 43.7 Å². The standard InChI is InChI=1S/C21H24N2O3/c1-25-16-7-8-17-14(13-16)4-9-18-20(17)26-12-11-23(18)21(24)19-3-2-10-22(19)15-5-6-15/h2-3,7-8,10,13,15,18,20H,4-6,9,11-12H2,1H3. The van der Waals surface area contributed by atoms with Gasteiger partial charge in [0.25, 0.3) is 5.91 Å². The number of carbonyl (C=O) groups is 1. The second-order valence-electron chi connectivity index (χ2n) is 7.49. The summed E-state index contributed by atoms with van der Waals surface area (Å²) in [7, 11) is 1.69. The lowest BCUT2D eigenvalue weighted by Crippen LogP contribution is -2.52. The van der Waals surface area contributed by atoms with Crippen molar-refractivity contribution in [2.45, 2.75) is 43.9 Å². The van der Waals surface area contributed by atoms with Crippen LogP contribution in [0.2, 0.25) is 0 Å². The van der Waals surface area contributed by atoms with E-state index in [1.54, 1.807) is 7.11 Å². The molecule has 2 heterocycles. The third-order valence-corrected chi connectivity index (χ3v) is 5.94. The van der Waals surface area contributed by atoms with E-state index in [9.17, 15) is 4.79 Å². The number of morpholine rings is 1. The summed E-state index contributed by atoms with van der Waals surface area (Å²) in [5.41, 5.74) is 3.31. The van der Waals surface area contributed by atoms with Crippen molar-refractivity contribution in [3.63, 3.8) is 0 Å². The van der Waals surface area contributed by atoms with Crippen LogP contribution in [0, 0.1) is 0 Å². The molecule has 1 saturated carbocycles. The van der Waals surface area contributed by atoms with Crippen LogP contribution in [0.5, 0.6) is 5.75 Å². The lowest BCUT2D eigenvalue weighted by molar-refractivity contribution is -0.0678. The molecule has 1 amide bonds. The molecule has 1 saturated heterocycles. The molecule has 2 unspecified atom stereocenters. The van der Waals surface area contributed by atoms with E-state index in [0.717, 1.165) is 24.3 Å². The lowest BCUT2D eigenvalue weighted by atomic mass is 9.84. The van der Waals surface area contributed by atoms with Gasteiger partial charge in [-0.15, -0.1) is 0 Å². The molecule has 1 aromatic carbocycles. The van der Waals surface area contributed by atoms with Gasteiger partial charge in [-0.1, -0.05) is 6.07 Å². The summed E-state index contributed by atoms with van der Waals surface area (Å²) in [6.07, 6.45) is 6.25. The van der Waals surface area contributed by atoms with Crippen molar-refractivity contribution >= 4 is 5.91 Å².